The average molecular weight is 179 g/mol. The lowest BCUT2D eigenvalue weighted by molar-refractivity contribution is 0.0691. The zero-order valence-corrected chi connectivity index (χ0v) is 7.37. The lowest BCUT2D eigenvalue weighted by Crippen LogP contribution is -2.09. The van der Waals surface area contributed by atoms with Crippen LogP contribution in [0.25, 0.3) is 0 Å². The standard InChI is InChI=1S/C9H9NO3/c1-5-3-4-7(9(12)13)8(10-5)6(2)11/h3-4H,1-2H3,(H,12,13). The van der Waals surface area contributed by atoms with Crippen molar-refractivity contribution in [1.82, 2.24) is 4.98 Å². The first-order chi connectivity index (χ1) is 6.02. The van der Waals surface area contributed by atoms with Gasteiger partial charge in [0.1, 0.15) is 5.69 Å². The predicted molar refractivity (Wildman–Crippen MR) is 45.9 cm³/mol. The van der Waals surface area contributed by atoms with Crippen molar-refractivity contribution < 1.29 is 14.7 Å². The van der Waals surface area contributed by atoms with Gasteiger partial charge >= 0.3 is 5.97 Å². The number of carbonyl (C=O) groups excluding carboxylic acids is 1. The minimum absolute atomic E-state index is 0.0208. The van der Waals surface area contributed by atoms with Crippen molar-refractivity contribution in [3.63, 3.8) is 0 Å². The van der Waals surface area contributed by atoms with Gasteiger partial charge in [-0.25, -0.2) is 9.78 Å². The molecule has 0 amide bonds. The lowest BCUT2D eigenvalue weighted by atomic mass is 10.1. The molecule has 0 aliphatic heterocycles. The van der Waals surface area contributed by atoms with E-state index in [9.17, 15) is 9.59 Å². The Hall–Kier alpha value is -1.71. The molecule has 0 unspecified atom stereocenters. The molecule has 0 atom stereocenters. The van der Waals surface area contributed by atoms with Crippen molar-refractivity contribution in [3.05, 3.63) is 29.1 Å². The quantitative estimate of drug-likeness (QED) is 0.694. The van der Waals surface area contributed by atoms with Gasteiger partial charge in [0.2, 0.25) is 0 Å². The molecular weight excluding hydrogens is 170 g/mol. The summed E-state index contributed by atoms with van der Waals surface area (Å²) in [4.78, 5) is 25.5. The smallest absolute Gasteiger partial charge is 0.338 e. The number of hydrogen-bond donors (Lipinski definition) is 1. The molecule has 0 aliphatic carbocycles. The Kier molecular flexibility index (Phi) is 2.41. The number of nitrogens with zero attached hydrogens (tertiary/aromatic N) is 1. The van der Waals surface area contributed by atoms with Gasteiger partial charge in [-0.2, -0.15) is 0 Å². The van der Waals surface area contributed by atoms with Crippen LogP contribution in [0.15, 0.2) is 12.1 Å². The van der Waals surface area contributed by atoms with Gasteiger partial charge in [0.15, 0.2) is 5.78 Å². The van der Waals surface area contributed by atoms with Crippen LogP contribution in [0.2, 0.25) is 0 Å². The Morgan fingerprint density at radius 1 is 1.38 bits per heavy atom. The topological polar surface area (TPSA) is 67.3 Å². The maximum Gasteiger partial charge on any atom is 0.338 e. The number of aromatic carboxylic acids is 1. The fraction of sp³-hybridized carbons (Fsp3) is 0.222. The van der Waals surface area contributed by atoms with E-state index in [1.54, 1.807) is 13.0 Å². The van der Waals surface area contributed by atoms with E-state index in [2.05, 4.69) is 4.98 Å². The molecule has 0 saturated heterocycles. The third-order valence-electron chi connectivity index (χ3n) is 1.60. The van der Waals surface area contributed by atoms with Crippen LogP contribution in [0.1, 0.15) is 33.5 Å². The molecule has 1 heterocycles. The number of aryl methyl sites for hydroxylation is 1. The summed E-state index contributed by atoms with van der Waals surface area (Å²) in [5.74, 6) is -1.46. The number of pyridine rings is 1. The Balaban J connectivity index is 3.35. The van der Waals surface area contributed by atoms with E-state index in [-0.39, 0.29) is 17.0 Å². The molecule has 4 heteroatoms. The van der Waals surface area contributed by atoms with Gasteiger partial charge in [-0.3, -0.25) is 4.79 Å². The second-order valence-corrected chi connectivity index (χ2v) is 2.71. The molecule has 0 bridgehead atoms. The molecule has 0 spiro atoms. The minimum Gasteiger partial charge on any atom is -0.478 e. The highest BCUT2D eigenvalue weighted by Gasteiger charge is 2.14. The Morgan fingerprint density at radius 3 is 2.46 bits per heavy atom. The zero-order valence-electron chi connectivity index (χ0n) is 7.37. The summed E-state index contributed by atoms with van der Waals surface area (Å²) in [6.07, 6.45) is 0. The molecule has 13 heavy (non-hydrogen) atoms. The predicted octanol–water partition coefficient (Wildman–Crippen LogP) is 1.29. The molecule has 0 radical (unpaired) electrons. The fourth-order valence-electron chi connectivity index (χ4n) is 0.998. The fourth-order valence-corrected chi connectivity index (χ4v) is 0.998. The maximum atomic E-state index is 11.0. The highest BCUT2D eigenvalue weighted by Crippen LogP contribution is 2.08. The molecule has 1 N–H and O–H groups in total. The molecule has 1 aromatic rings. The van der Waals surface area contributed by atoms with E-state index in [1.165, 1.54) is 13.0 Å². The average Bonchev–Trinajstić information content (AvgIpc) is 2.03. The molecule has 0 aliphatic rings. The number of ketones is 1. The molecule has 0 aromatic carbocycles. The van der Waals surface area contributed by atoms with Crippen molar-refractivity contribution in [2.45, 2.75) is 13.8 Å². The molecule has 0 saturated carbocycles. The van der Waals surface area contributed by atoms with Crippen molar-refractivity contribution >= 4 is 11.8 Å². The first kappa shape index (κ1) is 9.38. The molecule has 4 nitrogen and oxygen atoms in total. The second-order valence-electron chi connectivity index (χ2n) is 2.71. The second kappa shape index (κ2) is 3.35. The van der Waals surface area contributed by atoms with Crippen LogP contribution < -0.4 is 0 Å². The van der Waals surface area contributed by atoms with Crippen LogP contribution in [-0.2, 0) is 0 Å². The summed E-state index contributed by atoms with van der Waals surface area (Å²) in [5, 5.41) is 8.71. The van der Waals surface area contributed by atoms with Gasteiger partial charge in [-0.15, -0.1) is 0 Å². The lowest BCUT2D eigenvalue weighted by Gasteiger charge is -2.01. The summed E-state index contributed by atoms with van der Waals surface area (Å²) in [5.41, 5.74) is 0.612. The van der Waals surface area contributed by atoms with E-state index >= 15 is 0 Å². The number of rotatable bonds is 2. The number of hydrogen-bond acceptors (Lipinski definition) is 3. The van der Waals surface area contributed by atoms with Gasteiger partial charge in [-0.05, 0) is 19.1 Å². The number of carbonyl (C=O) groups is 2. The third-order valence-corrected chi connectivity index (χ3v) is 1.60. The van der Waals surface area contributed by atoms with E-state index < -0.39 is 5.97 Å². The number of aromatic nitrogens is 1. The van der Waals surface area contributed by atoms with Crippen LogP contribution >= 0.6 is 0 Å². The summed E-state index contributed by atoms with van der Waals surface area (Å²) in [6.45, 7) is 3.01. The highest BCUT2D eigenvalue weighted by atomic mass is 16.4. The monoisotopic (exact) mass is 179 g/mol. The Morgan fingerprint density at radius 2 is 2.00 bits per heavy atom. The zero-order chi connectivity index (χ0) is 10.0. The Bertz CT molecular complexity index is 371. The van der Waals surface area contributed by atoms with Crippen LogP contribution in [0.3, 0.4) is 0 Å². The van der Waals surface area contributed by atoms with Gasteiger partial charge in [0.05, 0.1) is 5.56 Å². The molecule has 1 aromatic heterocycles. The molecular formula is C9H9NO3. The van der Waals surface area contributed by atoms with Crippen LogP contribution in [0, 0.1) is 6.92 Å². The maximum absolute atomic E-state index is 11.0. The van der Waals surface area contributed by atoms with E-state index in [4.69, 9.17) is 5.11 Å². The van der Waals surface area contributed by atoms with Crippen molar-refractivity contribution in [3.8, 4) is 0 Å². The molecule has 0 fully saturated rings. The third kappa shape index (κ3) is 1.90. The van der Waals surface area contributed by atoms with Crippen LogP contribution in [0.4, 0.5) is 0 Å². The van der Waals surface area contributed by atoms with Gasteiger partial charge < -0.3 is 5.11 Å². The van der Waals surface area contributed by atoms with Gasteiger partial charge in [0.25, 0.3) is 0 Å². The van der Waals surface area contributed by atoms with Crippen LogP contribution in [-0.4, -0.2) is 21.8 Å². The minimum atomic E-state index is -1.13. The van der Waals surface area contributed by atoms with E-state index in [1.807, 2.05) is 0 Å². The van der Waals surface area contributed by atoms with E-state index in [0.29, 0.717) is 5.69 Å². The number of carboxylic acids is 1. The largest absolute Gasteiger partial charge is 0.478 e. The summed E-state index contributed by atoms with van der Waals surface area (Å²) in [6, 6.07) is 2.96. The number of Topliss-reactive ketones (excluding diaryl/α,β-unsaturated/α-hetero) is 1. The summed E-state index contributed by atoms with van der Waals surface area (Å²) >= 11 is 0. The SMILES string of the molecule is CC(=O)c1nc(C)ccc1C(=O)O. The van der Waals surface area contributed by atoms with Crippen molar-refractivity contribution in [2.24, 2.45) is 0 Å². The normalized spacial score (nSPS) is 9.69. The Labute approximate surface area is 75.2 Å². The summed E-state index contributed by atoms with van der Waals surface area (Å²) in [7, 11) is 0. The van der Waals surface area contributed by atoms with Gasteiger partial charge in [0, 0.05) is 12.6 Å². The van der Waals surface area contributed by atoms with Gasteiger partial charge in [-0.1, -0.05) is 0 Å². The molecule has 68 valence electrons. The van der Waals surface area contributed by atoms with Crippen molar-refractivity contribution in [2.75, 3.05) is 0 Å². The molecule has 1 rings (SSSR count). The van der Waals surface area contributed by atoms with Crippen LogP contribution in [0.5, 0.6) is 0 Å². The van der Waals surface area contributed by atoms with Crippen molar-refractivity contribution in [1.29, 1.82) is 0 Å². The summed E-state index contributed by atoms with van der Waals surface area (Å²) < 4.78 is 0. The highest BCUT2D eigenvalue weighted by molar-refractivity contribution is 6.03. The first-order valence-corrected chi connectivity index (χ1v) is 3.74. The first-order valence-electron chi connectivity index (χ1n) is 3.74. The van der Waals surface area contributed by atoms with E-state index in [0.717, 1.165) is 0 Å². The number of carboxylic acid groups (broad SMARTS) is 1.